The first kappa shape index (κ1) is 21.4. The van der Waals surface area contributed by atoms with Gasteiger partial charge >= 0.3 is 5.97 Å². The lowest BCUT2D eigenvalue weighted by Crippen LogP contribution is -2.47. The van der Waals surface area contributed by atoms with E-state index in [0.29, 0.717) is 31.6 Å². The van der Waals surface area contributed by atoms with Gasteiger partial charge in [0.1, 0.15) is 5.60 Å². The van der Waals surface area contributed by atoms with Gasteiger partial charge in [0.25, 0.3) is 0 Å². The summed E-state index contributed by atoms with van der Waals surface area (Å²) in [6.45, 7) is 0.895. The molecule has 2 aromatic rings. The topological polar surface area (TPSA) is 102 Å². The molecule has 2 N–H and O–H groups in total. The standard InChI is InChI=1S/C21H25NO6S/c1-27-20(23)16-7-9-19(10-8-16)29(25,26)22-15-21(24,17-5-3-2-4-6-17)18-11-13-28-14-12-18/h2-10,18,22,24H,11-15H2,1H3/t21-/m1/s1. The maximum Gasteiger partial charge on any atom is 0.337 e. The number of hydrogen-bond acceptors (Lipinski definition) is 6. The summed E-state index contributed by atoms with van der Waals surface area (Å²) in [7, 11) is -2.62. The second-order valence-electron chi connectivity index (χ2n) is 7.02. The molecule has 156 valence electrons. The third kappa shape index (κ3) is 4.84. The lowest BCUT2D eigenvalue weighted by atomic mass is 9.77. The number of carbonyl (C=O) groups excluding carboxylic acids is 1. The van der Waals surface area contributed by atoms with Gasteiger partial charge in [-0.1, -0.05) is 30.3 Å². The van der Waals surface area contributed by atoms with Gasteiger partial charge in [-0.15, -0.1) is 0 Å². The van der Waals surface area contributed by atoms with Gasteiger partial charge in [0.15, 0.2) is 0 Å². The molecule has 0 unspecified atom stereocenters. The highest BCUT2D eigenvalue weighted by Gasteiger charge is 2.40. The van der Waals surface area contributed by atoms with Gasteiger partial charge in [-0.3, -0.25) is 0 Å². The van der Waals surface area contributed by atoms with E-state index in [-0.39, 0.29) is 22.9 Å². The molecular weight excluding hydrogens is 394 g/mol. The molecule has 1 saturated heterocycles. The van der Waals surface area contributed by atoms with Crippen molar-refractivity contribution >= 4 is 16.0 Å². The van der Waals surface area contributed by atoms with Crippen LogP contribution in [0.25, 0.3) is 0 Å². The zero-order valence-electron chi connectivity index (χ0n) is 16.2. The number of methoxy groups -OCH3 is 1. The third-order valence-electron chi connectivity index (χ3n) is 5.29. The Hall–Kier alpha value is -2.26. The molecule has 0 bridgehead atoms. The van der Waals surface area contributed by atoms with Gasteiger partial charge < -0.3 is 14.6 Å². The Bertz CT molecular complexity index is 923. The van der Waals surface area contributed by atoms with Gasteiger partial charge in [0, 0.05) is 19.8 Å². The molecule has 0 aromatic heterocycles. The summed E-state index contributed by atoms with van der Waals surface area (Å²) in [4.78, 5) is 11.5. The zero-order chi connectivity index (χ0) is 20.9. The Balaban J connectivity index is 1.82. The van der Waals surface area contributed by atoms with Crippen molar-refractivity contribution in [2.75, 3.05) is 26.9 Å². The Morgan fingerprint density at radius 3 is 2.34 bits per heavy atom. The molecule has 0 saturated carbocycles. The van der Waals surface area contributed by atoms with Gasteiger partial charge in [-0.2, -0.15) is 0 Å². The molecule has 1 aliphatic heterocycles. The van der Waals surface area contributed by atoms with E-state index in [1.807, 2.05) is 18.2 Å². The fraction of sp³-hybridized carbons (Fsp3) is 0.381. The number of rotatable bonds is 7. The molecule has 1 aliphatic rings. The Morgan fingerprint density at radius 1 is 1.14 bits per heavy atom. The first-order valence-electron chi connectivity index (χ1n) is 9.40. The summed E-state index contributed by atoms with van der Waals surface area (Å²) in [6, 6.07) is 14.5. The van der Waals surface area contributed by atoms with E-state index in [0.717, 1.165) is 0 Å². The number of sulfonamides is 1. The average Bonchev–Trinajstić information content (AvgIpc) is 2.78. The van der Waals surface area contributed by atoms with Crippen LogP contribution in [0.3, 0.4) is 0 Å². The molecule has 3 rings (SSSR count). The average molecular weight is 419 g/mol. The zero-order valence-corrected chi connectivity index (χ0v) is 17.0. The second-order valence-corrected chi connectivity index (χ2v) is 8.78. The minimum Gasteiger partial charge on any atom is -0.465 e. The number of nitrogens with one attached hydrogen (secondary N) is 1. The van der Waals surface area contributed by atoms with Crippen molar-refractivity contribution in [2.45, 2.75) is 23.3 Å². The van der Waals surface area contributed by atoms with Crippen molar-refractivity contribution < 1.29 is 27.8 Å². The monoisotopic (exact) mass is 419 g/mol. The molecule has 1 atom stereocenters. The van der Waals surface area contributed by atoms with Crippen LogP contribution in [-0.4, -0.2) is 46.4 Å². The van der Waals surface area contributed by atoms with Crippen molar-refractivity contribution in [3.8, 4) is 0 Å². The Labute approximate surface area is 170 Å². The van der Waals surface area contributed by atoms with E-state index in [2.05, 4.69) is 9.46 Å². The van der Waals surface area contributed by atoms with E-state index in [4.69, 9.17) is 4.74 Å². The molecule has 0 aliphatic carbocycles. The summed E-state index contributed by atoms with van der Waals surface area (Å²) in [5, 5.41) is 11.5. The fourth-order valence-corrected chi connectivity index (χ4v) is 4.63. The quantitative estimate of drug-likeness (QED) is 0.666. The van der Waals surface area contributed by atoms with Crippen molar-refractivity contribution in [3.63, 3.8) is 0 Å². The molecule has 2 aromatic carbocycles. The molecule has 0 spiro atoms. The van der Waals surface area contributed by atoms with E-state index in [1.165, 1.54) is 31.4 Å². The molecule has 7 nitrogen and oxygen atoms in total. The van der Waals surface area contributed by atoms with E-state index in [9.17, 15) is 18.3 Å². The van der Waals surface area contributed by atoms with E-state index < -0.39 is 21.6 Å². The van der Waals surface area contributed by atoms with Crippen LogP contribution >= 0.6 is 0 Å². The van der Waals surface area contributed by atoms with Crippen LogP contribution in [-0.2, 0) is 25.1 Å². The summed E-state index contributed by atoms with van der Waals surface area (Å²) in [6.07, 6.45) is 1.28. The minimum absolute atomic E-state index is 0.00698. The van der Waals surface area contributed by atoms with Gasteiger partial charge in [-0.05, 0) is 48.6 Å². The third-order valence-corrected chi connectivity index (χ3v) is 6.70. The fourth-order valence-electron chi connectivity index (χ4n) is 3.56. The molecule has 8 heteroatoms. The first-order chi connectivity index (χ1) is 13.9. The molecule has 1 fully saturated rings. The van der Waals surface area contributed by atoms with E-state index >= 15 is 0 Å². The molecule has 0 amide bonds. The van der Waals surface area contributed by atoms with Crippen LogP contribution in [0.5, 0.6) is 0 Å². The number of ether oxygens (including phenoxy) is 2. The van der Waals surface area contributed by atoms with Crippen molar-refractivity contribution in [3.05, 3.63) is 65.7 Å². The molecule has 0 radical (unpaired) electrons. The second kappa shape index (κ2) is 9.04. The number of esters is 1. The smallest absolute Gasteiger partial charge is 0.337 e. The van der Waals surface area contributed by atoms with Crippen molar-refractivity contribution in [2.24, 2.45) is 5.92 Å². The Morgan fingerprint density at radius 2 is 1.76 bits per heavy atom. The van der Waals surface area contributed by atoms with Gasteiger partial charge in [0.05, 0.1) is 17.6 Å². The summed E-state index contributed by atoms with van der Waals surface area (Å²) in [5.74, 6) is -0.678. The molecule has 1 heterocycles. The lowest BCUT2D eigenvalue weighted by molar-refractivity contribution is -0.0663. The number of carbonyl (C=O) groups is 1. The number of aliphatic hydroxyl groups is 1. The summed E-state index contributed by atoms with van der Waals surface area (Å²) < 4.78 is 38.1. The SMILES string of the molecule is COC(=O)c1ccc(S(=O)(=O)NC[C@@](O)(c2ccccc2)C2CCOCC2)cc1. The van der Waals surface area contributed by atoms with Crippen molar-refractivity contribution in [1.82, 2.24) is 4.72 Å². The maximum atomic E-state index is 12.8. The molecule has 29 heavy (non-hydrogen) atoms. The minimum atomic E-state index is -3.88. The normalized spacial score (nSPS) is 17.4. The van der Waals surface area contributed by atoms with Crippen molar-refractivity contribution in [1.29, 1.82) is 0 Å². The first-order valence-corrected chi connectivity index (χ1v) is 10.9. The van der Waals surface area contributed by atoms with Gasteiger partial charge in [-0.25, -0.2) is 17.9 Å². The lowest BCUT2D eigenvalue weighted by Gasteiger charge is -2.39. The number of benzene rings is 2. The summed E-state index contributed by atoms with van der Waals surface area (Å²) in [5.41, 5.74) is -0.436. The predicted octanol–water partition coefficient (Wildman–Crippen LogP) is 2.07. The Kier molecular flexibility index (Phi) is 6.69. The van der Waals surface area contributed by atoms with Crippen LogP contribution in [0.4, 0.5) is 0 Å². The largest absolute Gasteiger partial charge is 0.465 e. The van der Waals surface area contributed by atoms with Crippen LogP contribution in [0.1, 0.15) is 28.8 Å². The van der Waals surface area contributed by atoms with Gasteiger partial charge in [0.2, 0.25) is 10.0 Å². The highest BCUT2D eigenvalue weighted by molar-refractivity contribution is 7.89. The molecular formula is C21H25NO6S. The van der Waals surface area contributed by atoms with Crippen LogP contribution in [0.2, 0.25) is 0 Å². The highest BCUT2D eigenvalue weighted by atomic mass is 32.2. The summed E-state index contributed by atoms with van der Waals surface area (Å²) >= 11 is 0. The highest BCUT2D eigenvalue weighted by Crippen LogP contribution is 2.36. The predicted molar refractivity (Wildman–Crippen MR) is 107 cm³/mol. The van der Waals surface area contributed by atoms with Crippen LogP contribution in [0.15, 0.2) is 59.5 Å². The number of hydrogen-bond donors (Lipinski definition) is 2. The van der Waals surface area contributed by atoms with Crippen LogP contribution in [0, 0.1) is 5.92 Å². The maximum absolute atomic E-state index is 12.8. The van der Waals surface area contributed by atoms with E-state index in [1.54, 1.807) is 12.1 Å². The van der Waals surface area contributed by atoms with Crippen LogP contribution < -0.4 is 4.72 Å².